The summed E-state index contributed by atoms with van der Waals surface area (Å²) in [5.74, 6) is 2.57. The van der Waals surface area contributed by atoms with E-state index in [1.54, 1.807) is 17.5 Å². The molecule has 5 heteroatoms. The maximum atomic E-state index is 4.68. The zero-order valence-electron chi connectivity index (χ0n) is 10.7. The van der Waals surface area contributed by atoms with Gasteiger partial charge in [0.05, 0.1) is 5.69 Å². The Bertz CT molecular complexity index is 506. The summed E-state index contributed by atoms with van der Waals surface area (Å²) >= 11 is 3.75. The molecule has 100 valence electrons. The van der Waals surface area contributed by atoms with E-state index in [4.69, 9.17) is 0 Å². The Morgan fingerprint density at radius 1 is 1.42 bits per heavy atom. The van der Waals surface area contributed by atoms with Crippen molar-refractivity contribution in [2.24, 2.45) is 0 Å². The number of hydrogen-bond donors (Lipinski definition) is 1. The Morgan fingerprint density at radius 3 is 3.21 bits per heavy atom. The first kappa shape index (κ1) is 13.1. The van der Waals surface area contributed by atoms with Gasteiger partial charge in [0.2, 0.25) is 0 Å². The fourth-order valence-corrected chi connectivity index (χ4v) is 4.18. The van der Waals surface area contributed by atoms with Crippen LogP contribution in [0.1, 0.15) is 12.1 Å². The number of rotatable bonds is 5. The van der Waals surface area contributed by atoms with Crippen molar-refractivity contribution in [1.82, 2.24) is 15.3 Å². The first-order chi connectivity index (χ1) is 9.42. The highest BCUT2D eigenvalue weighted by molar-refractivity contribution is 7.99. The molecular formula is C14H17N3S2. The van der Waals surface area contributed by atoms with Gasteiger partial charge in [0.25, 0.3) is 0 Å². The maximum Gasteiger partial charge on any atom is 0.125 e. The summed E-state index contributed by atoms with van der Waals surface area (Å²) < 4.78 is 0. The second-order valence-corrected chi connectivity index (χ2v) is 6.66. The smallest absolute Gasteiger partial charge is 0.125 e. The Labute approximate surface area is 121 Å². The number of thioether (sulfide) groups is 1. The molecule has 0 saturated carbocycles. The Kier molecular flexibility index (Phi) is 4.48. The number of pyridine rings is 1. The molecule has 1 N–H and O–H groups in total. The van der Waals surface area contributed by atoms with Crippen molar-refractivity contribution in [3.8, 4) is 10.6 Å². The van der Waals surface area contributed by atoms with Gasteiger partial charge in [-0.15, -0.1) is 11.3 Å². The molecule has 0 bridgehead atoms. The van der Waals surface area contributed by atoms with Gasteiger partial charge >= 0.3 is 0 Å². The van der Waals surface area contributed by atoms with Crippen LogP contribution >= 0.6 is 23.1 Å². The van der Waals surface area contributed by atoms with Crippen molar-refractivity contribution in [2.75, 3.05) is 18.1 Å². The summed E-state index contributed by atoms with van der Waals surface area (Å²) in [7, 11) is 0. The number of hydrogen-bond acceptors (Lipinski definition) is 5. The highest BCUT2D eigenvalue weighted by Crippen LogP contribution is 2.22. The van der Waals surface area contributed by atoms with E-state index in [1.807, 2.05) is 24.0 Å². The van der Waals surface area contributed by atoms with Crippen LogP contribution in [0.4, 0.5) is 0 Å². The third-order valence-corrected chi connectivity index (χ3v) is 5.31. The van der Waals surface area contributed by atoms with Crippen molar-refractivity contribution in [3.63, 3.8) is 0 Å². The first-order valence-corrected chi connectivity index (χ1v) is 8.61. The van der Waals surface area contributed by atoms with E-state index in [9.17, 15) is 0 Å². The predicted octanol–water partition coefficient (Wildman–Crippen LogP) is 2.84. The van der Waals surface area contributed by atoms with Crippen LogP contribution in [-0.4, -0.2) is 34.1 Å². The van der Waals surface area contributed by atoms with Crippen LogP contribution in [0.25, 0.3) is 10.6 Å². The highest BCUT2D eigenvalue weighted by atomic mass is 32.2. The zero-order chi connectivity index (χ0) is 12.9. The molecule has 1 atom stereocenters. The topological polar surface area (TPSA) is 37.8 Å². The lowest BCUT2D eigenvalue weighted by Gasteiger charge is -2.09. The van der Waals surface area contributed by atoms with Crippen molar-refractivity contribution in [1.29, 1.82) is 0 Å². The number of nitrogens with zero attached hydrogens (tertiary/aromatic N) is 2. The van der Waals surface area contributed by atoms with Crippen LogP contribution < -0.4 is 5.32 Å². The Balaban J connectivity index is 1.53. The van der Waals surface area contributed by atoms with Crippen molar-refractivity contribution < 1.29 is 0 Å². The molecule has 2 aromatic rings. The molecule has 19 heavy (non-hydrogen) atoms. The van der Waals surface area contributed by atoms with Gasteiger partial charge in [-0.3, -0.25) is 4.98 Å². The minimum atomic E-state index is 0.710. The van der Waals surface area contributed by atoms with Gasteiger partial charge < -0.3 is 5.32 Å². The van der Waals surface area contributed by atoms with Crippen LogP contribution in [0.2, 0.25) is 0 Å². The number of aromatic nitrogens is 2. The third kappa shape index (κ3) is 3.55. The molecule has 0 spiro atoms. The fraction of sp³-hybridized carbons (Fsp3) is 0.429. The van der Waals surface area contributed by atoms with Crippen LogP contribution in [-0.2, 0) is 6.42 Å². The minimum absolute atomic E-state index is 0.710. The summed E-state index contributed by atoms with van der Waals surface area (Å²) in [6, 6.07) is 4.72. The molecule has 3 nitrogen and oxygen atoms in total. The van der Waals surface area contributed by atoms with E-state index in [0.717, 1.165) is 23.5 Å². The molecule has 1 fully saturated rings. The van der Waals surface area contributed by atoms with Crippen molar-refractivity contribution >= 4 is 23.1 Å². The number of thiazole rings is 1. The molecule has 0 unspecified atom stereocenters. The molecule has 2 aromatic heterocycles. The monoisotopic (exact) mass is 291 g/mol. The molecule has 0 amide bonds. The van der Waals surface area contributed by atoms with Crippen molar-refractivity contribution in [2.45, 2.75) is 18.9 Å². The van der Waals surface area contributed by atoms with Gasteiger partial charge in [-0.25, -0.2) is 4.98 Å². The standard InChI is InChI=1S/C14H17N3S2/c1-2-11(8-15-5-1)14-17-13(10-19-14)3-6-16-12-4-7-18-9-12/h1-2,5,8,10,12,16H,3-4,6-7,9H2/t12-/m0/s1. The average molecular weight is 291 g/mol. The van der Waals surface area contributed by atoms with Gasteiger partial charge in [0.1, 0.15) is 5.01 Å². The third-order valence-electron chi connectivity index (χ3n) is 3.20. The normalized spacial score (nSPS) is 18.8. The lowest BCUT2D eigenvalue weighted by atomic mass is 10.2. The predicted molar refractivity (Wildman–Crippen MR) is 82.8 cm³/mol. The maximum absolute atomic E-state index is 4.68. The fourth-order valence-electron chi connectivity index (χ4n) is 2.14. The minimum Gasteiger partial charge on any atom is -0.313 e. The zero-order valence-corrected chi connectivity index (χ0v) is 12.3. The molecule has 3 rings (SSSR count). The SMILES string of the molecule is c1cncc(-c2nc(CCN[C@H]3CCSC3)cs2)c1. The van der Waals surface area contributed by atoms with E-state index in [1.165, 1.54) is 23.6 Å². The van der Waals surface area contributed by atoms with Crippen LogP contribution in [0.5, 0.6) is 0 Å². The summed E-state index contributed by atoms with van der Waals surface area (Å²) in [5.41, 5.74) is 2.29. The summed E-state index contributed by atoms with van der Waals surface area (Å²) in [4.78, 5) is 8.81. The quantitative estimate of drug-likeness (QED) is 0.919. The first-order valence-electron chi connectivity index (χ1n) is 6.58. The van der Waals surface area contributed by atoms with E-state index in [-0.39, 0.29) is 0 Å². The van der Waals surface area contributed by atoms with Crippen LogP contribution in [0.15, 0.2) is 29.9 Å². The van der Waals surface area contributed by atoms with Gasteiger partial charge in [0, 0.05) is 48.1 Å². The molecule has 0 aromatic carbocycles. The molecule has 1 aliphatic rings. The molecule has 1 aliphatic heterocycles. The summed E-state index contributed by atoms with van der Waals surface area (Å²) in [5, 5.41) is 6.84. The summed E-state index contributed by atoms with van der Waals surface area (Å²) in [6.07, 6.45) is 5.98. The molecule has 0 radical (unpaired) electrons. The molecule has 3 heterocycles. The highest BCUT2D eigenvalue weighted by Gasteiger charge is 2.14. The lowest BCUT2D eigenvalue weighted by Crippen LogP contribution is -2.30. The van der Waals surface area contributed by atoms with Crippen LogP contribution in [0.3, 0.4) is 0 Å². The van der Waals surface area contributed by atoms with E-state index in [2.05, 4.69) is 26.7 Å². The van der Waals surface area contributed by atoms with Crippen LogP contribution in [0, 0.1) is 0 Å². The summed E-state index contributed by atoms with van der Waals surface area (Å²) in [6.45, 7) is 1.03. The van der Waals surface area contributed by atoms with Gasteiger partial charge in [0.15, 0.2) is 0 Å². The van der Waals surface area contributed by atoms with Crippen molar-refractivity contribution in [3.05, 3.63) is 35.6 Å². The van der Waals surface area contributed by atoms with E-state index >= 15 is 0 Å². The van der Waals surface area contributed by atoms with Gasteiger partial charge in [-0.2, -0.15) is 11.8 Å². The second-order valence-electron chi connectivity index (χ2n) is 4.65. The van der Waals surface area contributed by atoms with Gasteiger partial charge in [-0.1, -0.05) is 0 Å². The lowest BCUT2D eigenvalue weighted by molar-refractivity contribution is 0.558. The van der Waals surface area contributed by atoms with Gasteiger partial charge in [-0.05, 0) is 24.3 Å². The molecule has 0 aliphatic carbocycles. The largest absolute Gasteiger partial charge is 0.313 e. The molecule has 1 saturated heterocycles. The van der Waals surface area contributed by atoms with E-state index < -0.39 is 0 Å². The Morgan fingerprint density at radius 2 is 2.42 bits per heavy atom. The Hall–Kier alpha value is -0.910. The number of nitrogens with one attached hydrogen (secondary N) is 1. The second kappa shape index (κ2) is 6.50. The van der Waals surface area contributed by atoms with E-state index in [0.29, 0.717) is 6.04 Å². The molecular weight excluding hydrogens is 274 g/mol. The average Bonchev–Trinajstić information content (AvgIpc) is 3.11.